The molecule has 1 aromatic rings. The van der Waals surface area contributed by atoms with Gasteiger partial charge in [-0.15, -0.1) is 0 Å². The second kappa shape index (κ2) is 8.70. The van der Waals surface area contributed by atoms with Gasteiger partial charge >= 0.3 is 5.97 Å². The van der Waals surface area contributed by atoms with Crippen molar-refractivity contribution in [2.75, 3.05) is 25.6 Å². The Kier molecular flexibility index (Phi) is 6.31. The van der Waals surface area contributed by atoms with Gasteiger partial charge in [-0.25, -0.2) is 4.79 Å². The van der Waals surface area contributed by atoms with Crippen molar-refractivity contribution in [1.29, 1.82) is 0 Å². The van der Waals surface area contributed by atoms with Crippen molar-refractivity contribution in [1.82, 2.24) is 10.2 Å². The summed E-state index contributed by atoms with van der Waals surface area (Å²) < 4.78 is 10.4. The molecule has 1 unspecified atom stereocenters. The Balaban J connectivity index is 1.91. The summed E-state index contributed by atoms with van der Waals surface area (Å²) in [5.74, 6) is -0.519. The van der Waals surface area contributed by atoms with Crippen LogP contribution in [-0.4, -0.2) is 48.3 Å². The number of hydrogen-bond acceptors (Lipinski definition) is 5. The first kappa shape index (κ1) is 20.3. The van der Waals surface area contributed by atoms with Crippen molar-refractivity contribution in [3.8, 4) is 0 Å². The highest BCUT2D eigenvalue weighted by Crippen LogP contribution is 2.38. The third-order valence-corrected chi connectivity index (χ3v) is 5.06. The van der Waals surface area contributed by atoms with Crippen LogP contribution >= 0.6 is 12.2 Å². The summed E-state index contributed by atoms with van der Waals surface area (Å²) in [4.78, 5) is 26.1. The van der Waals surface area contributed by atoms with E-state index < -0.39 is 6.04 Å². The van der Waals surface area contributed by atoms with Gasteiger partial charge in [-0.2, -0.15) is 0 Å². The number of rotatable bonds is 7. The van der Waals surface area contributed by atoms with Gasteiger partial charge in [0.15, 0.2) is 5.11 Å². The second-order valence-corrected chi connectivity index (χ2v) is 7.30. The minimum Gasteiger partial charge on any atom is -0.460 e. The topological polar surface area (TPSA) is 79.9 Å². The lowest BCUT2D eigenvalue weighted by molar-refractivity contribution is -0.140. The maximum atomic E-state index is 12.9. The smallest absolute Gasteiger partial charge is 0.338 e. The Bertz CT molecular complexity index is 802. The number of nitrogens with zero attached hydrogens (tertiary/aromatic N) is 1. The quantitative estimate of drug-likeness (QED) is 0.411. The van der Waals surface area contributed by atoms with Gasteiger partial charge in [0, 0.05) is 31.5 Å². The predicted molar refractivity (Wildman–Crippen MR) is 110 cm³/mol. The van der Waals surface area contributed by atoms with Crippen LogP contribution in [0.25, 0.3) is 0 Å². The molecular formula is C20H25N3O4S. The molecule has 1 amide bonds. The third-order valence-electron chi connectivity index (χ3n) is 4.74. The summed E-state index contributed by atoms with van der Waals surface area (Å²) in [7, 11) is 1.56. The SMILES string of the molecule is COCCOC(=O)C1=C(C)N(C2CC2)C(=S)NC1c1ccc(NC(C)=O)cc1. The molecule has 0 aromatic heterocycles. The van der Waals surface area contributed by atoms with Crippen LogP contribution in [0.5, 0.6) is 0 Å². The fraction of sp³-hybridized carbons (Fsp3) is 0.450. The Hall–Kier alpha value is -2.45. The number of esters is 1. The molecule has 1 aliphatic carbocycles. The van der Waals surface area contributed by atoms with Crippen molar-refractivity contribution in [2.45, 2.75) is 38.8 Å². The molecule has 1 atom stereocenters. The standard InChI is InChI=1S/C20H25N3O4S/c1-12-17(19(25)27-11-10-26-3)18(22-20(28)23(12)16-8-9-16)14-4-6-15(7-5-14)21-13(2)24/h4-7,16,18H,8-11H2,1-3H3,(H,21,24)(H,22,28). The zero-order chi connectivity index (χ0) is 20.3. The second-order valence-electron chi connectivity index (χ2n) is 6.91. The van der Waals surface area contributed by atoms with Crippen LogP contribution in [0.15, 0.2) is 35.5 Å². The molecule has 0 bridgehead atoms. The van der Waals surface area contributed by atoms with Crippen LogP contribution in [0.4, 0.5) is 5.69 Å². The van der Waals surface area contributed by atoms with E-state index in [0.717, 1.165) is 24.1 Å². The van der Waals surface area contributed by atoms with Gasteiger partial charge in [-0.3, -0.25) is 4.79 Å². The molecule has 2 N–H and O–H groups in total. The predicted octanol–water partition coefficient (Wildman–Crippen LogP) is 2.50. The largest absolute Gasteiger partial charge is 0.460 e. The maximum absolute atomic E-state index is 12.9. The Labute approximate surface area is 170 Å². The van der Waals surface area contributed by atoms with Crippen molar-refractivity contribution < 1.29 is 19.1 Å². The number of nitrogens with one attached hydrogen (secondary N) is 2. The van der Waals surface area contributed by atoms with Gasteiger partial charge < -0.3 is 25.0 Å². The lowest BCUT2D eigenvalue weighted by atomic mass is 9.94. The fourth-order valence-corrected chi connectivity index (χ4v) is 3.71. The number of carbonyl (C=O) groups is 2. The Morgan fingerprint density at radius 3 is 2.50 bits per heavy atom. The molecule has 7 nitrogen and oxygen atoms in total. The normalized spacial score (nSPS) is 19.3. The summed E-state index contributed by atoms with van der Waals surface area (Å²) >= 11 is 5.58. The number of benzene rings is 1. The molecule has 150 valence electrons. The van der Waals surface area contributed by atoms with E-state index in [1.807, 2.05) is 24.0 Å². The van der Waals surface area contributed by atoms with Crippen LogP contribution in [0, 0.1) is 0 Å². The van der Waals surface area contributed by atoms with Gasteiger partial charge in [0.1, 0.15) is 6.61 Å². The maximum Gasteiger partial charge on any atom is 0.338 e. The molecular weight excluding hydrogens is 378 g/mol. The van der Waals surface area contributed by atoms with E-state index in [9.17, 15) is 9.59 Å². The number of ether oxygens (including phenoxy) is 2. The highest BCUT2D eigenvalue weighted by atomic mass is 32.1. The van der Waals surface area contributed by atoms with Crippen LogP contribution in [0.3, 0.4) is 0 Å². The van der Waals surface area contributed by atoms with Gasteiger partial charge in [0.05, 0.1) is 18.2 Å². The minimum atomic E-state index is -0.413. The summed E-state index contributed by atoms with van der Waals surface area (Å²) in [6.07, 6.45) is 2.11. The van der Waals surface area contributed by atoms with Crippen LogP contribution in [0.2, 0.25) is 0 Å². The average Bonchev–Trinajstić information content (AvgIpc) is 3.46. The van der Waals surface area contributed by atoms with Gasteiger partial charge in [-0.05, 0) is 49.7 Å². The average molecular weight is 404 g/mol. The van der Waals surface area contributed by atoms with Crippen molar-refractivity contribution in [3.63, 3.8) is 0 Å². The first-order chi connectivity index (χ1) is 13.4. The van der Waals surface area contributed by atoms with E-state index in [0.29, 0.717) is 29.0 Å². The van der Waals surface area contributed by atoms with E-state index in [4.69, 9.17) is 21.7 Å². The molecule has 1 aliphatic heterocycles. The van der Waals surface area contributed by atoms with Gasteiger partial charge in [0.25, 0.3) is 0 Å². The number of hydrogen-bond donors (Lipinski definition) is 2. The minimum absolute atomic E-state index is 0.136. The molecule has 1 saturated carbocycles. The summed E-state index contributed by atoms with van der Waals surface area (Å²) in [5, 5.41) is 6.65. The Morgan fingerprint density at radius 1 is 1.25 bits per heavy atom. The molecule has 28 heavy (non-hydrogen) atoms. The first-order valence-electron chi connectivity index (χ1n) is 9.26. The third kappa shape index (κ3) is 4.51. The van der Waals surface area contributed by atoms with Crippen molar-refractivity contribution in [3.05, 3.63) is 41.1 Å². The van der Waals surface area contributed by atoms with Crippen molar-refractivity contribution in [2.24, 2.45) is 0 Å². The molecule has 0 spiro atoms. The molecule has 8 heteroatoms. The van der Waals surface area contributed by atoms with Gasteiger partial charge in [0.2, 0.25) is 5.91 Å². The van der Waals surface area contributed by atoms with E-state index in [1.165, 1.54) is 6.92 Å². The molecule has 0 radical (unpaired) electrons. The fourth-order valence-electron chi connectivity index (χ4n) is 3.30. The number of anilines is 1. The molecule has 2 aliphatic rings. The number of amides is 1. The molecule has 1 heterocycles. The van der Waals surface area contributed by atoms with Crippen LogP contribution in [-0.2, 0) is 19.1 Å². The molecule has 3 rings (SSSR count). The van der Waals surface area contributed by atoms with Crippen molar-refractivity contribution >= 4 is 34.9 Å². The summed E-state index contributed by atoms with van der Waals surface area (Å²) in [6, 6.07) is 7.27. The summed E-state index contributed by atoms with van der Waals surface area (Å²) in [5.41, 5.74) is 2.93. The Morgan fingerprint density at radius 2 is 1.93 bits per heavy atom. The molecule has 1 aromatic carbocycles. The molecule has 1 fully saturated rings. The van der Waals surface area contributed by atoms with E-state index in [1.54, 1.807) is 19.2 Å². The number of carbonyl (C=O) groups excluding carboxylic acids is 2. The first-order valence-corrected chi connectivity index (χ1v) is 9.67. The highest BCUT2D eigenvalue weighted by molar-refractivity contribution is 7.80. The summed E-state index contributed by atoms with van der Waals surface area (Å²) in [6.45, 7) is 3.90. The van der Waals surface area contributed by atoms with E-state index in [2.05, 4.69) is 10.6 Å². The zero-order valence-electron chi connectivity index (χ0n) is 16.3. The number of methoxy groups -OCH3 is 1. The van der Waals surface area contributed by atoms with E-state index in [-0.39, 0.29) is 18.5 Å². The number of allylic oxidation sites excluding steroid dienone is 1. The van der Waals surface area contributed by atoms with Gasteiger partial charge in [-0.1, -0.05) is 12.1 Å². The van der Waals surface area contributed by atoms with Crippen LogP contribution in [0.1, 0.15) is 38.3 Å². The molecule has 0 saturated heterocycles. The number of thiocarbonyl (C=S) groups is 1. The highest BCUT2D eigenvalue weighted by Gasteiger charge is 2.40. The van der Waals surface area contributed by atoms with Crippen LogP contribution < -0.4 is 10.6 Å². The zero-order valence-corrected chi connectivity index (χ0v) is 17.1. The van der Waals surface area contributed by atoms with E-state index >= 15 is 0 Å². The lowest BCUT2D eigenvalue weighted by Gasteiger charge is -2.37. The monoisotopic (exact) mass is 403 g/mol. The lowest BCUT2D eigenvalue weighted by Crippen LogP contribution is -2.48.